The van der Waals surface area contributed by atoms with Gasteiger partial charge in [-0.25, -0.2) is 4.79 Å². The van der Waals surface area contributed by atoms with Crippen molar-refractivity contribution >= 4 is 46.4 Å². The van der Waals surface area contributed by atoms with Gasteiger partial charge in [0, 0.05) is 25.0 Å². The molecule has 0 saturated carbocycles. The third kappa shape index (κ3) is 5.34. The van der Waals surface area contributed by atoms with Crippen LogP contribution in [0.2, 0.25) is 10.0 Å². The number of hydrogen-bond acceptors (Lipinski definition) is 3. The number of alkyl halides is 3. The van der Waals surface area contributed by atoms with Crippen LogP contribution in [0, 0.1) is 0 Å². The van der Waals surface area contributed by atoms with Crippen LogP contribution in [-0.2, 0) is 11.0 Å². The Balaban J connectivity index is 1.67. The van der Waals surface area contributed by atoms with Crippen LogP contribution in [0.3, 0.4) is 0 Å². The number of primary amides is 1. The van der Waals surface area contributed by atoms with Gasteiger partial charge in [0.25, 0.3) is 0 Å². The quantitative estimate of drug-likeness (QED) is 0.612. The highest BCUT2D eigenvalue weighted by Gasteiger charge is 2.33. The highest BCUT2D eigenvalue weighted by atomic mass is 35.5. The van der Waals surface area contributed by atoms with Crippen molar-refractivity contribution in [1.82, 2.24) is 9.88 Å². The first-order valence-electron chi connectivity index (χ1n) is 9.54. The maximum absolute atomic E-state index is 12.8. The molecule has 3 rings (SSSR count). The van der Waals surface area contributed by atoms with Crippen molar-refractivity contribution in [3.8, 4) is 0 Å². The van der Waals surface area contributed by atoms with E-state index in [9.17, 15) is 22.8 Å². The minimum Gasteiger partial charge on any atom is -0.369 e. The van der Waals surface area contributed by atoms with E-state index in [-0.39, 0.29) is 12.2 Å². The number of pyridine rings is 1. The third-order valence-electron chi connectivity index (χ3n) is 5.12. The van der Waals surface area contributed by atoms with Crippen molar-refractivity contribution in [2.45, 2.75) is 25.4 Å². The number of benzene rings is 1. The van der Waals surface area contributed by atoms with Crippen molar-refractivity contribution in [3.05, 3.63) is 63.4 Å². The van der Waals surface area contributed by atoms with Crippen LogP contribution in [0.5, 0.6) is 0 Å². The summed E-state index contributed by atoms with van der Waals surface area (Å²) in [6.45, 7) is 2.27. The molecule has 0 fully saturated rings. The summed E-state index contributed by atoms with van der Waals surface area (Å²) in [5, 5.41) is 2.43. The van der Waals surface area contributed by atoms with Gasteiger partial charge in [-0.1, -0.05) is 29.3 Å². The summed E-state index contributed by atoms with van der Waals surface area (Å²) in [4.78, 5) is 29.7. The monoisotopic (exact) mass is 486 g/mol. The summed E-state index contributed by atoms with van der Waals surface area (Å²) in [5.41, 5.74) is 6.51. The van der Waals surface area contributed by atoms with Crippen molar-refractivity contribution in [2.75, 3.05) is 18.4 Å². The fraction of sp³-hybridized carbons (Fsp3) is 0.286. The third-order valence-corrected chi connectivity index (χ3v) is 5.72. The fourth-order valence-corrected chi connectivity index (χ4v) is 3.77. The lowest BCUT2D eigenvalue weighted by molar-refractivity contribution is -0.137. The number of urea groups is 1. The van der Waals surface area contributed by atoms with E-state index in [1.807, 2.05) is 0 Å². The summed E-state index contributed by atoms with van der Waals surface area (Å²) in [7, 11) is 0. The molecule has 0 bridgehead atoms. The number of halogens is 5. The van der Waals surface area contributed by atoms with Gasteiger partial charge in [-0.3, -0.25) is 9.78 Å². The van der Waals surface area contributed by atoms with E-state index in [0.29, 0.717) is 29.2 Å². The number of rotatable bonds is 4. The van der Waals surface area contributed by atoms with Crippen LogP contribution in [0.25, 0.3) is 5.57 Å². The number of hydrogen-bond donors (Lipinski definition) is 2. The minimum atomic E-state index is -4.57. The molecule has 0 aliphatic carbocycles. The molecule has 32 heavy (non-hydrogen) atoms. The Kier molecular flexibility index (Phi) is 7.00. The number of anilines is 1. The second-order valence-electron chi connectivity index (χ2n) is 7.27. The number of nitrogens with one attached hydrogen (secondary N) is 1. The first-order valence-corrected chi connectivity index (χ1v) is 10.3. The van der Waals surface area contributed by atoms with E-state index in [0.717, 1.165) is 23.8 Å². The van der Waals surface area contributed by atoms with Crippen molar-refractivity contribution in [1.29, 1.82) is 0 Å². The lowest BCUT2D eigenvalue weighted by atomic mass is 9.99. The maximum atomic E-state index is 12.8. The number of amides is 3. The molecule has 2 heterocycles. The molecule has 3 N–H and O–H groups in total. The molecule has 170 valence electrons. The zero-order chi connectivity index (χ0) is 23.6. The Morgan fingerprint density at radius 3 is 2.47 bits per heavy atom. The van der Waals surface area contributed by atoms with Crippen LogP contribution in [-0.4, -0.2) is 34.9 Å². The molecule has 1 aromatic carbocycles. The molecule has 1 aliphatic heterocycles. The van der Waals surface area contributed by atoms with Crippen LogP contribution in [0.4, 0.5) is 23.7 Å². The number of nitrogens with zero attached hydrogens (tertiary/aromatic N) is 2. The number of aromatic nitrogens is 1. The van der Waals surface area contributed by atoms with E-state index >= 15 is 0 Å². The van der Waals surface area contributed by atoms with Gasteiger partial charge in [0.1, 0.15) is 0 Å². The highest BCUT2D eigenvalue weighted by molar-refractivity contribution is 6.32. The summed E-state index contributed by atoms with van der Waals surface area (Å²) >= 11 is 12.0. The predicted octanol–water partition coefficient (Wildman–Crippen LogP) is 5.32. The van der Waals surface area contributed by atoms with Gasteiger partial charge >= 0.3 is 12.2 Å². The van der Waals surface area contributed by atoms with Gasteiger partial charge in [0.2, 0.25) is 5.91 Å². The first kappa shape index (κ1) is 23.9. The molecule has 1 aromatic heterocycles. The molecule has 0 radical (unpaired) electrons. The molecule has 11 heteroatoms. The van der Waals surface area contributed by atoms with E-state index in [2.05, 4.69) is 10.3 Å². The highest BCUT2D eigenvalue weighted by Crippen LogP contribution is 2.36. The Morgan fingerprint density at radius 1 is 1.22 bits per heavy atom. The Hall–Kier alpha value is -2.78. The lowest BCUT2D eigenvalue weighted by Gasteiger charge is -2.27. The Labute approximate surface area is 192 Å². The molecule has 1 unspecified atom stereocenters. The molecule has 2 aromatic rings. The standard InChI is InChI=1S/C21H19Cl2F3N4O2/c1-11(19(27)31)13-8-17(23)18(28-10-13)12-4-6-30(7-5-12)20(32)29-14-2-3-15(16(22)9-14)21(24,25)26/h2-4,8-11H,5-7H2,1H3,(H2,27,31)(H,29,32). The summed E-state index contributed by atoms with van der Waals surface area (Å²) < 4.78 is 38.4. The zero-order valence-corrected chi connectivity index (χ0v) is 18.4. The summed E-state index contributed by atoms with van der Waals surface area (Å²) in [5.74, 6) is -1.00. The van der Waals surface area contributed by atoms with Gasteiger partial charge in [-0.15, -0.1) is 0 Å². The van der Waals surface area contributed by atoms with Crippen LogP contribution < -0.4 is 11.1 Å². The van der Waals surface area contributed by atoms with Crippen molar-refractivity contribution < 1.29 is 22.8 Å². The molecule has 1 aliphatic rings. The zero-order valence-electron chi connectivity index (χ0n) is 16.8. The Bertz CT molecular complexity index is 1090. The fourth-order valence-electron chi connectivity index (χ4n) is 3.18. The minimum absolute atomic E-state index is 0.159. The molecule has 0 saturated heterocycles. The second kappa shape index (κ2) is 9.38. The topological polar surface area (TPSA) is 88.3 Å². The molecule has 3 amide bonds. The number of carbonyl (C=O) groups is 2. The number of carbonyl (C=O) groups excluding carboxylic acids is 2. The van der Waals surface area contributed by atoms with Crippen molar-refractivity contribution in [3.63, 3.8) is 0 Å². The van der Waals surface area contributed by atoms with Crippen LogP contribution >= 0.6 is 23.2 Å². The molecular formula is C21H19Cl2F3N4O2. The molecule has 6 nitrogen and oxygen atoms in total. The van der Waals surface area contributed by atoms with Crippen LogP contribution in [0.1, 0.15) is 36.1 Å². The van der Waals surface area contributed by atoms with Gasteiger partial charge < -0.3 is 16.0 Å². The summed E-state index contributed by atoms with van der Waals surface area (Å²) in [6.07, 6.45) is -0.753. The second-order valence-corrected chi connectivity index (χ2v) is 8.09. The van der Waals surface area contributed by atoms with Gasteiger partial charge in [0.15, 0.2) is 0 Å². The van der Waals surface area contributed by atoms with E-state index in [4.69, 9.17) is 28.9 Å². The average Bonchev–Trinajstić information content (AvgIpc) is 2.72. The molecule has 0 spiro atoms. The van der Waals surface area contributed by atoms with Crippen LogP contribution in [0.15, 0.2) is 36.5 Å². The normalized spacial score (nSPS) is 15.2. The smallest absolute Gasteiger partial charge is 0.369 e. The maximum Gasteiger partial charge on any atom is 0.417 e. The largest absolute Gasteiger partial charge is 0.417 e. The van der Waals surface area contributed by atoms with Crippen molar-refractivity contribution in [2.24, 2.45) is 5.73 Å². The van der Waals surface area contributed by atoms with Gasteiger partial charge in [0.05, 0.1) is 27.2 Å². The molecule has 1 atom stereocenters. The number of nitrogens with two attached hydrogens (primary N) is 1. The molecular weight excluding hydrogens is 468 g/mol. The van der Waals surface area contributed by atoms with Gasteiger partial charge in [-0.2, -0.15) is 13.2 Å². The van der Waals surface area contributed by atoms with E-state index in [1.54, 1.807) is 25.3 Å². The summed E-state index contributed by atoms with van der Waals surface area (Å²) in [6, 6.07) is 4.21. The van der Waals surface area contributed by atoms with E-state index in [1.165, 1.54) is 4.90 Å². The predicted molar refractivity (Wildman–Crippen MR) is 116 cm³/mol. The first-order chi connectivity index (χ1) is 15.0. The lowest BCUT2D eigenvalue weighted by Crippen LogP contribution is -2.38. The SMILES string of the molecule is CC(C(N)=O)c1cnc(C2=CCN(C(=O)Nc3ccc(C(F)(F)F)c(Cl)c3)CC2)c(Cl)c1. The van der Waals surface area contributed by atoms with E-state index < -0.39 is 34.6 Å². The Morgan fingerprint density at radius 2 is 1.94 bits per heavy atom. The average molecular weight is 487 g/mol. The van der Waals surface area contributed by atoms with Gasteiger partial charge in [-0.05, 0) is 48.7 Å².